The molecule has 0 aliphatic heterocycles. The second-order valence-electron chi connectivity index (χ2n) is 2.93. The molecule has 0 amide bonds. The van der Waals surface area contributed by atoms with Crippen molar-refractivity contribution in [3.63, 3.8) is 0 Å². The predicted octanol–water partition coefficient (Wildman–Crippen LogP) is 0.698. The lowest BCUT2D eigenvalue weighted by Crippen LogP contribution is -2.25. The van der Waals surface area contributed by atoms with Gasteiger partial charge in [0.1, 0.15) is 5.82 Å². The molecular weight excluding hydrogens is 190 g/mol. The van der Waals surface area contributed by atoms with Gasteiger partial charge in [0.2, 0.25) is 0 Å². The minimum atomic E-state index is -0.828. The topological polar surface area (TPSA) is 85.2 Å². The van der Waals surface area contributed by atoms with Crippen LogP contribution in [-0.2, 0) is 0 Å². The Kier molecular flexibility index (Phi) is 3.08. The smallest absolute Gasteiger partial charge is 0.129 e. The van der Waals surface area contributed by atoms with Crippen LogP contribution in [0.25, 0.3) is 0 Å². The predicted molar refractivity (Wildman–Crippen MR) is 52.3 cm³/mol. The molecule has 0 aromatic carbocycles. The van der Waals surface area contributed by atoms with Gasteiger partial charge in [0.05, 0.1) is 11.1 Å². The zero-order valence-corrected chi connectivity index (χ0v) is 7.99. The summed E-state index contributed by atoms with van der Waals surface area (Å²) < 4.78 is 0. The molecule has 0 spiro atoms. The zero-order chi connectivity index (χ0) is 10.0. The molecule has 0 aliphatic rings. The van der Waals surface area contributed by atoms with Crippen molar-refractivity contribution in [2.75, 3.05) is 5.73 Å². The van der Waals surface area contributed by atoms with Gasteiger partial charge in [-0.1, -0.05) is 11.6 Å². The van der Waals surface area contributed by atoms with E-state index >= 15 is 0 Å². The molecule has 4 nitrogen and oxygen atoms in total. The summed E-state index contributed by atoms with van der Waals surface area (Å²) in [7, 11) is 0. The van der Waals surface area contributed by atoms with E-state index in [4.69, 9.17) is 23.1 Å². The molecule has 0 aliphatic carbocycles. The number of rotatable bonds is 2. The molecule has 0 unspecified atom stereocenters. The van der Waals surface area contributed by atoms with Crippen molar-refractivity contribution in [1.29, 1.82) is 0 Å². The Bertz CT molecular complexity index is 303. The highest BCUT2D eigenvalue weighted by Crippen LogP contribution is 2.23. The first kappa shape index (κ1) is 10.2. The number of nitrogens with zero attached hydrogens (tertiary/aromatic N) is 1. The Morgan fingerprint density at radius 1 is 1.62 bits per heavy atom. The molecule has 0 fully saturated rings. The molecule has 0 saturated heterocycles. The molecule has 1 aromatic rings. The molecule has 72 valence electrons. The average molecular weight is 202 g/mol. The molecule has 5 N–H and O–H groups in total. The standard InChI is InChI=1S/C8H12ClN3O/c1-4(10)7(13)6-2-5(9)3-12-8(6)11/h2-4,7,13H,10H2,1H3,(H2,11,12)/t4-,7-/m1/s1. The van der Waals surface area contributed by atoms with Gasteiger partial charge in [-0.3, -0.25) is 0 Å². The fraction of sp³-hybridized carbons (Fsp3) is 0.375. The first-order valence-corrected chi connectivity index (χ1v) is 4.24. The summed E-state index contributed by atoms with van der Waals surface area (Å²) in [6, 6.07) is 1.17. The van der Waals surface area contributed by atoms with Crippen molar-refractivity contribution < 1.29 is 5.11 Å². The Morgan fingerprint density at radius 3 is 2.77 bits per heavy atom. The van der Waals surface area contributed by atoms with Gasteiger partial charge in [0.15, 0.2) is 0 Å². The number of anilines is 1. The van der Waals surface area contributed by atoms with Crippen molar-refractivity contribution in [2.24, 2.45) is 5.73 Å². The van der Waals surface area contributed by atoms with Gasteiger partial charge in [0.25, 0.3) is 0 Å². The molecule has 0 radical (unpaired) electrons. The molecule has 13 heavy (non-hydrogen) atoms. The van der Waals surface area contributed by atoms with E-state index in [2.05, 4.69) is 4.98 Å². The lowest BCUT2D eigenvalue weighted by molar-refractivity contribution is 0.154. The Labute approximate surface area is 81.5 Å². The van der Waals surface area contributed by atoms with Crippen molar-refractivity contribution in [3.05, 3.63) is 22.8 Å². The highest BCUT2D eigenvalue weighted by atomic mass is 35.5. The minimum Gasteiger partial charge on any atom is -0.387 e. The third-order valence-electron chi connectivity index (χ3n) is 1.73. The fourth-order valence-corrected chi connectivity index (χ4v) is 1.15. The number of aromatic nitrogens is 1. The normalized spacial score (nSPS) is 15.4. The summed E-state index contributed by atoms with van der Waals surface area (Å²) in [6.07, 6.45) is 0.597. The Hall–Kier alpha value is -0.840. The summed E-state index contributed by atoms with van der Waals surface area (Å²) in [6.45, 7) is 1.69. The van der Waals surface area contributed by atoms with Crippen molar-refractivity contribution in [2.45, 2.75) is 19.1 Å². The van der Waals surface area contributed by atoms with Gasteiger partial charge < -0.3 is 16.6 Å². The monoisotopic (exact) mass is 201 g/mol. The van der Waals surface area contributed by atoms with E-state index in [1.54, 1.807) is 13.0 Å². The van der Waals surface area contributed by atoms with E-state index in [9.17, 15) is 5.11 Å². The number of nitrogen functional groups attached to an aromatic ring is 1. The second kappa shape index (κ2) is 3.91. The van der Waals surface area contributed by atoms with Crippen LogP contribution < -0.4 is 11.5 Å². The lowest BCUT2D eigenvalue weighted by Gasteiger charge is -2.16. The number of halogens is 1. The summed E-state index contributed by atoms with van der Waals surface area (Å²) >= 11 is 5.70. The van der Waals surface area contributed by atoms with Gasteiger partial charge in [0, 0.05) is 17.8 Å². The summed E-state index contributed by atoms with van der Waals surface area (Å²) in [5.74, 6) is 0.259. The third kappa shape index (κ3) is 2.30. The van der Waals surface area contributed by atoms with E-state index in [0.717, 1.165) is 0 Å². The molecule has 1 aromatic heterocycles. The first-order chi connectivity index (χ1) is 6.02. The largest absolute Gasteiger partial charge is 0.387 e. The summed E-state index contributed by atoms with van der Waals surface area (Å²) in [4.78, 5) is 3.81. The van der Waals surface area contributed by atoms with E-state index in [-0.39, 0.29) is 5.82 Å². The van der Waals surface area contributed by atoms with Crippen molar-refractivity contribution in [1.82, 2.24) is 4.98 Å². The molecular formula is C8H12ClN3O. The number of nitrogens with two attached hydrogens (primary N) is 2. The van der Waals surface area contributed by atoms with Crippen LogP contribution in [-0.4, -0.2) is 16.1 Å². The van der Waals surface area contributed by atoms with Gasteiger partial charge in [-0.05, 0) is 13.0 Å². The minimum absolute atomic E-state index is 0.259. The van der Waals surface area contributed by atoms with E-state index in [1.807, 2.05) is 0 Å². The van der Waals surface area contributed by atoms with Crippen LogP contribution in [0.4, 0.5) is 5.82 Å². The summed E-state index contributed by atoms with van der Waals surface area (Å²) in [5.41, 5.74) is 11.5. The molecule has 0 saturated carbocycles. The number of hydrogen-bond donors (Lipinski definition) is 3. The van der Waals surface area contributed by atoms with Crippen LogP contribution in [0.3, 0.4) is 0 Å². The second-order valence-corrected chi connectivity index (χ2v) is 3.37. The number of pyridine rings is 1. The van der Waals surface area contributed by atoms with Crippen molar-refractivity contribution in [3.8, 4) is 0 Å². The van der Waals surface area contributed by atoms with Crippen LogP contribution in [0.15, 0.2) is 12.3 Å². The van der Waals surface area contributed by atoms with Crippen LogP contribution in [0.2, 0.25) is 5.02 Å². The zero-order valence-electron chi connectivity index (χ0n) is 7.24. The lowest BCUT2D eigenvalue weighted by atomic mass is 10.1. The maximum atomic E-state index is 9.60. The first-order valence-electron chi connectivity index (χ1n) is 3.87. The summed E-state index contributed by atoms with van der Waals surface area (Å²) in [5, 5.41) is 10.0. The van der Waals surface area contributed by atoms with E-state index in [0.29, 0.717) is 10.6 Å². The molecule has 1 heterocycles. The van der Waals surface area contributed by atoms with E-state index in [1.165, 1.54) is 6.20 Å². The van der Waals surface area contributed by atoms with Crippen molar-refractivity contribution >= 4 is 17.4 Å². The fourth-order valence-electron chi connectivity index (χ4n) is 0.986. The Balaban J connectivity index is 3.05. The van der Waals surface area contributed by atoms with Gasteiger partial charge in [-0.2, -0.15) is 0 Å². The van der Waals surface area contributed by atoms with Crippen LogP contribution in [0, 0.1) is 0 Å². The number of hydrogen-bond acceptors (Lipinski definition) is 4. The van der Waals surface area contributed by atoms with Crippen LogP contribution in [0.5, 0.6) is 0 Å². The van der Waals surface area contributed by atoms with Gasteiger partial charge >= 0.3 is 0 Å². The maximum Gasteiger partial charge on any atom is 0.129 e. The average Bonchev–Trinajstić information content (AvgIpc) is 2.08. The Morgan fingerprint density at radius 2 is 2.23 bits per heavy atom. The van der Waals surface area contributed by atoms with Gasteiger partial charge in [-0.25, -0.2) is 4.98 Å². The highest BCUT2D eigenvalue weighted by molar-refractivity contribution is 6.30. The number of aliphatic hydroxyl groups is 1. The van der Waals surface area contributed by atoms with Crippen LogP contribution >= 0.6 is 11.6 Å². The molecule has 5 heteroatoms. The van der Waals surface area contributed by atoms with E-state index < -0.39 is 12.1 Å². The van der Waals surface area contributed by atoms with Gasteiger partial charge in [-0.15, -0.1) is 0 Å². The molecule has 1 rings (SSSR count). The molecule has 0 bridgehead atoms. The highest BCUT2D eigenvalue weighted by Gasteiger charge is 2.16. The van der Waals surface area contributed by atoms with Crippen LogP contribution in [0.1, 0.15) is 18.6 Å². The quantitative estimate of drug-likeness (QED) is 0.658. The third-order valence-corrected chi connectivity index (χ3v) is 1.94. The maximum absolute atomic E-state index is 9.60. The SMILES string of the molecule is C[C@@H](N)[C@@H](O)c1cc(Cl)cnc1N. The number of aliphatic hydroxyl groups excluding tert-OH is 1. The molecule has 2 atom stereocenters.